The Labute approximate surface area is 150 Å². The van der Waals surface area contributed by atoms with Crippen LogP contribution in [0.3, 0.4) is 0 Å². The van der Waals surface area contributed by atoms with Gasteiger partial charge in [0.1, 0.15) is 0 Å². The highest BCUT2D eigenvalue weighted by Gasteiger charge is 2.21. The predicted molar refractivity (Wildman–Crippen MR) is 108 cm³/mol. The molecule has 0 saturated carbocycles. The zero-order valence-electron chi connectivity index (χ0n) is 15.4. The van der Waals surface area contributed by atoms with Crippen molar-refractivity contribution in [1.29, 1.82) is 0 Å². The van der Waals surface area contributed by atoms with E-state index in [2.05, 4.69) is 85.1 Å². The van der Waals surface area contributed by atoms with Crippen molar-refractivity contribution in [2.45, 2.75) is 33.2 Å². The van der Waals surface area contributed by atoms with Crippen molar-refractivity contribution < 1.29 is 0 Å². The Hall–Kier alpha value is -2.32. The van der Waals surface area contributed by atoms with E-state index in [0.29, 0.717) is 0 Å². The lowest BCUT2D eigenvalue weighted by molar-refractivity contribution is 0.312. The minimum Gasteiger partial charge on any atom is -0.320 e. The summed E-state index contributed by atoms with van der Waals surface area (Å²) in [6.07, 6.45) is 6.69. The van der Waals surface area contributed by atoms with Gasteiger partial charge in [-0.1, -0.05) is 42.8 Å². The quantitative estimate of drug-likeness (QED) is 0.646. The van der Waals surface area contributed by atoms with Gasteiger partial charge in [-0.05, 0) is 55.3 Å². The van der Waals surface area contributed by atoms with Gasteiger partial charge in [-0.2, -0.15) is 0 Å². The maximum atomic E-state index is 2.42. The summed E-state index contributed by atoms with van der Waals surface area (Å²) in [7, 11) is 2.22. The molecule has 1 aliphatic heterocycles. The van der Waals surface area contributed by atoms with E-state index in [9.17, 15) is 0 Å². The van der Waals surface area contributed by atoms with Crippen LogP contribution in [-0.2, 0) is 19.4 Å². The van der Waals surface area contributed by atoms with Gasteiger partial charge >= 0.3 is 0 Å². The summed E-state index contributed by atoms with van der Waals surface area (Å²) in [5.74, 6) is 0. The molecule has 2 heterocycles. The molecule has 2 nitrogen and oxygen atoms in total. The molecule has 0 aliphatic carbocycles. The standard InChI is InChI=1S/C23H26N2/c1-4-18-6-8-19(9-7-18)11-14-25-22-10-5-17(2)15-20(22)21-16-24(3)13-12-23(21)25/h5-11,14-15H,4,12-13,16H2,1-3H3. The highest BCUT2D eigenvalue weighted by atomic mass is 15.1. The van der Waals surface area contributed by atoms with Crippen molar-refractivity contribution in [2.75, 3.05) is 13.6 Å². The highest BCUT2D eigenvalue weighted by Crippen LogP contribution is 2.31. The van der Waals surface area contributed by atoms with Crippen LogP contribution in [0.2, 0.25) is 0 Å². The van der Waals surface area contributed by atoms with E-state index in [1.807, 2.05) is 0 Å². The zero-order valence-corrected chi connectivity index (χ0v) is 15.4. The third-order valence-electron chi connectivity index (χ3n) is 5.34. The summed E-state index contributed by atoms with van der Waals surface area (Å²) in [5, 5.41) is 1.41. The Bertz CT molecular complexity index is 929. The van der Waals surface area contributed by atoms with E-state index in [1.165, 1.54) is 38.9 Å². The van der Waals surface area contributed by atoms with Crippen molar-refractivity contribution >= 4 is 23.2 Å². The minimum atomic E-state index is 1.04. The topological polar surface area (TPSA) is 8.17 Å². The van der Waals surface area contributed by atoms with E-state index < -0.39 is 0 Å². The fourth-order valence-electron chi connectivity index (χ4n) is 3.84. The fraction of sp³-hybridized carbons (Fsp3) is 0.304. The van der Waals surface area contributed by atoms with E-state index in [-0.39, 0.29) is 0 Å². The molecule has 4 rings (SSSR count). The van der Waals surface area contributed by atoms with Gasteiger partial charge in [-0.25, -0.2) is 0 Å². The first-order valence-corrected chi connectivity index (χ1v) is 9.23. The number of hydrogen-bond donors (Lipinski definition) is 0. The van der Waals surface area contributed by atoms with Crippen LogP contribution in [0.1, 0.15) is 34.9 Å². The van der Waals surface area contributed by atoms with Gasteiger partial charge in [0.05, 0.1) is 5.52 Å². The molecule has 0 spiro atoms. The molecule has 0 bridgehead atoms. The molecule has 25 heavy (non-hydrogen) atoms. The van der Waals surface area contributed by atoms with E-state index in [1.54, 1.807) is 0 Å². The van der Waals surface area contributed by atoms with Crippen LogP contribution in [0.4, 0.5) is 0 Å². The number of benzene rings is 2. The monoisotopic (exact) mass is 330 g/mol. The van der Waals surface area contributed by atoms with Gasteiger partial charge in [0.15, 0.2) is 0 Å². The maximum Gasteiger partial charge on any atom is 0.0528 e. The van der Waals surface area contributed by atoms with Crippen LogP contribution >= 0.6 is 0 Å². The Balaban J connectivity index is 1.79. The second kappa shape index (κ2) is 6.53. The second-order valence-corrected chi connectivity index (χ2v) is 7.21. The molecule has 0 N–H and O–H groups in total. The Morgan fingerprint density at radius 2 is 1.88 bits per heavy atom. The minimum absolute atomic E-state index is 1.04. The molecule has 0 saturated heterocycles. The number of aromatic nitrogens is 1. The molecule has 0 unspecified atom stereocenters. The summed E-state index contributed by atoms with van der Waals surface area (Å²) in [5.41, 5.74) is 8.28. The van der Waals surface area contributed by atoms with E-state index in [4.69, 9.17) is 0 Å². The summed E-state index contributed by atoms with van der Waals surface area (Å²) < 4.78 is 2.41. The van der Waals surface area contributed by atoms with Crippen LogP contribution in [0.15, 0.2) is 42.5 Å². The van der Waals surface area contributed by atoms with Crippen LogP contribution in [0.5, 0.6) is 0 Å². The number of hydrogen-bond acceptors (Lipinski definition) is 1. The molecule has 2 aromatic carbocycles. The fourth-order valence-corrected chi connectivity index (χ4v) is 3.84. The summed E-state index contributed by atoms with van der Waals surface area (Å²) in [4.78, 5) is 2.42. The largest absolute Gasteiger partial charge is 0.320 e. The number of fused-ring (bicyclic) bond motifs is 3. The molecule has 1 aromatic heterocycles. The smallest absolute Gasteiger partial charge is 0.0528 e. The molecule has 3 aromatic rings. The first-order valence-electron chi connectivity index (χ1n) is 9.23. The highest BCUT2D eigenvalue weighted by molar-refractivity contribution is 5.89. The second-order valence-electron chi connectivity index (χ2n) is 7.21. The van der Waals surface area contributed by atoms with Crippen molar-refractivity contribution in [2.24, 2.45) is 0 Å². The van der Waals surface area contributed by atoms with Gasteiger partial charge in [0.2, 0.25) is 0 Å². The molecule has 0 fully saturated rings. The molecular weight excluding hydrogens is 304 g/mol. The van der Waals surface area contributed by atoms with Crippen LogP contribution < -0.4 is 0 Å². The first kappa shape index (κ1) is 16.2. The Morgan fingerprint density at radius 1 is 1.08 bits per heavy atom. The number of aryl methyl sites for hydroxylation is 2. The summed E-state index contributed by atoms with van der Waals surface area (Å²) in [6, 6.07) is 15.7. The maximum absolute atomic E-state index is 2.42. The molecule has 0 amide bonds. The molecule has 0 atom stereocenters. The van der Waals surface area contributed by atoms with Gasteiger partial charge in [-0.3, -0.25) is 0 Å². The predicted octanol–water partition coefficient (Wildman–Crippen LogP) is 5.13. The average molecular weight is 330 g/mol. The van der Waals surface area contributed by atoms with Crippen LogP contribution in [-0.4, -0.2) is 23.1 Å². The molecule has 1 aliphatic rings. The van der Waals surface area contributed by atoms with Gasteiger partial charge in [-0.15, -0.1) is 0 Å². The van der Waals surface area contributed by atoms with Crippen molar-refractivity contribution in [1.82, 2.24) is 9.47 Å². The number of rotatable bonds is 3. The van der Waals surface area contributed by atoms with Crippen LogP contribution in [0.25, 0.3) is 23.2 Å². The van der Waals surface area contributed by atoms with E-state index >= 15 is 0 Å². The van der Waals surface area contributed by atoms with Gasteiger partial charge in [0.25, 0.3) is 0 Å². The summed E-state index contributed by atoms with van der Waals surface area (Å²) >= 11 is 0. The molecule has 2 heteroatoms. The molecule has 0 radical (unpaired) electrons. The zero-order chi connectivity index (χ0) is 17.4. The number of nitrogens with zero attached hydrogens (tertiary/aromatic N) is 2. The average Bonchev–Trinajstić information content (AvgIpc) is 2.92. The van der Waals surface area contributed by atoms with Crippen molar-refractivity contribution in [3.05, 3.63) is 70.4 Å². The summed E-state index contributed by atoms with van der Waals surface area (Å²) in [6.45, 7) is 6.55. The van der Waals surface area contributed by atoms with Crippen LogP contribution in [0, 0.1) is 6.92 Å². The number of likely N-dealkylation sites (N-methyl/N-ethyl adjacent to an activating group) is 1. The Kier molecular flexibility index (Phi) is 4.22. The lowest BCUT2D eigenvalue weighted by Gasteiger charge is -2.23. The first-order chi connectivity index (χ1) is 12.2. The van der Waals surface area contributed by atoms with Gasteiger partial charge < -0.3 is 9.47 Å². The lowest BCUT2D eigenvalue weighted by atomic mass is 10.0. The normalized spacial score (nSPS) is 15.2. The van der Waals surface area contributed by atoms with Crippen molar-refractivity contribution in [3.63, 3.8) is 0 Å². The third-order valence-corrected chi connectivity index (χ3v) is 5.34. The molecular formula is C23H26N2. The van der Waals surface area contributed by atoms with E-state index in [0.717, 1.165) is 25.9 Å². The lowest BCUT2D eigenvalue weighted by Crippen LogP contribution is -2.26. The molecule has 128 valence electrons. The van der Waals surface area contributed by atoms with Gasteiger partial charge in [0, 0.05) is 36.8 Å². The third kappa shape index (κ3) is 3.03. The SMILES string of the molecule is CCc1ccc(C=Cn2c3c(c4cc(C)ccc42)CN(C)CC3)cc1. The van der Waals surface area contributed by atoms with Crippen molar-refractivity contribution in [3.8, 4) is 0 Å². The Morgan fingerprint density at radius 3 is 2.64 bits per heavy atom.